The average molecular weight is 428 g/mol. The highest BCUT2D eigenvalue weighted by Gasteiger charge is 2.27. The summed E-state index contributed by atoms with van der Waals surface area (Å²) in [6, 6.07) is 6.12. The van der Waals surface area contributed by atoms with Crippen molar-refractivity contribution in [1.82, 2.24) is 30.0 Å². The molecule has 9 nitrogen and oxygen atoms in total. The molecule has 0 bridgehead atoms. The van der Waals surface area contributed by atoms with Crippen molar-refractivity contribution in [3.05, 3.63) is 47.4 Å². The molecule has 10 heteroatoms. The van der Waals surface area contributed by atoms with Crippen molar-refractivity contribution in [2.75, 3.05) is 31.1 Å². The number of nitrogens with one attached hydrogen (secondary N) is 1. The normalized spacial score (nSPS) is 15.3. The summed E-state index contributed by atoms with van der Waals surface area (Å²) >= 11 is 6.07. The van der Waals surface area contributed by atoms with E-state index in [-0.39, 0.29) is 11.8 Å². The van der Waals surface area contributed by atoms with Crippen LogP contribution < -0.4 is 10.2 Å². The number of hydrogen-bond donors (Lipinski definition) is 1. The molecule has 0 spiro atoms. The van der Waals surface area contributed by atoms with Crippen molar-refractivity contribution in [2.45, 2.75) is 13.0 Å². The zero-order valence-corrected chi connectivity index (χ0v) is 17.5. The molecule has 30 heavy (non-hydrogen) atoms. The molecule has 3 aromatic rings. The quantitative estimate of drug-likeness (QED) is 0.677. The zero-order chi connectivity index (χ0) is 21.3. The van der Waals surface area contributed by atoms with Gasteiger partial charge in [0, 0.05) is 33.2 Å². The molecule has 1 aliphatic rings. The van der Waals surface area contributed by atoms with Crippen LogP contribution in [0.15, 0.2) is 36.8 Å². The predicted octanol–water partition coefficient (Wildman–Crippen LogP) is 1.48. The van der Waals surface area contributed by atoms with Gasteiger partial charge in [0.15, 0.2) is 5.65 Å². The minimum absolute atomic E-state index is 0.121. The van der Waals surface area contributed by atoms with Gasteiger partial charge in [0.25, 0.3) is 5.91 Å². The maximum Gasteiger partial charge on any atom is 0.253 e. The third kappa shape index (κ3) is 3.80. The van der Waals surface area contributed by atoms with Crippen LogP contribution in [-0.2, 0) is 11.8 Å². The van der Waals surface area contributed by atoms with Gasteiger partial charge in [-0.1, -0.05) is 23.7 Å². The van der Waals surface area contributed by atoms with E-state index >= 15 is 0 Å². The van der Waals surface area contributed by atoms with Crippen molar-refractivity contribution >= 4 is 40.3 Å². The highest BCUT2D eigenvalue weighted by atomic mass is 35.5. The van der Waals surface area contributed by atoms with Crippen LogP contribution in [0, 0.1) is 0 Å². The summed E-state index contributed by atoms with van der Waals surface area (Å²) in [5.74, 6) is 0.338. The molecule has 0 aliphatic carbocycles. The van der Waals surface area contributed by atoms with E-state index in [0.29, 0.717) is 36.8 Å². The Labute approximate surface area is 178 Å². The Morgan fingerprint density at radius 2 is 1.87 bits per heavy atom. The summed E-state index contributed by atoms with van der Waals surface area (Å²) in [5, 5.41) is 8.24. The van der Waals surface area contributed by atoms with E-state index in [1.165, 1.54) is 6.33 Å². The fourth-order valence-corrected chi connectivity index (χ4v) is 3.82. The fourth-order valence-electron chi connectivity index (χ4n) is 3.60. The number of anilines is 1. The second-order valence-corrected chi connectivity index (χ2v) is 7.60. The van der Waals surface area contributed by atoms with Gasteiger partial charge in [-0.3, -0.25) is 14.3 Å². The number of carbonyl (C=O) groups excluding carboxylic acids is 2. The van der Waals surface area contributed by atoms with Crippen LogP contribution in [0.2, 0.25) is 5.02 Å². The first-order valence-electron chi connectivity index (χ1n) is 9.67. The largest absolute Gasteiger partial charge is 0.352 e. The van der Waals surface area contributed by atoms with Gasteiger partial charge in [0.05, 0.1) is 22.2 Å². The number of fused-ring (bicyclic) bond motifs is 1. The van der Waals surface area contributed by atoms with Gasteiger partial charge in [-0.25, -0.2) is 9.97 Å². The van der Waals surface area contributed by atoms with Crippen LogP contribution in [0.1, 0.15) is 17.3 Å². The lowest BCUT2D eigenvalue weighted by atomic mass is 10.2. The van der Waals surface area contributed by atoms with E-state index in [2.05, 4.69) is 25.3 Å². The van der Waals surface area contributed by atoms with Gasteiger partial charge in [-0.2, -0.15) is 5.10 Å². The van der Waals surface area contributed by atoms with Gasteiger partial charge in [0.2, 0.25) is 5.91 Å². The van der Waals surface area contributed by atoms with Gasteiger partial charge in [-0.15, -0.1) is 0 Å². The molecular weight excluding hydrogens is 406 g/mol. The number of halogens is 1. The number of carbonyl (C=O) groups is 2. The maximum absolute atomic E-state index is 12.8. The predicted molar refractivity (Wildman–Crippen MR) is 113 cm³/mol. The Hall–Kier alpha value is -3.20. The molecule has 1 unspecified atom stereocenters. The lowest BCUT2D eigenvalue weighted by Gasteiger charge is -2.36. The second kappa shape index (κ2) is 8.27. The van der Waals surface area contributed by atoms with Crippen molar-refractivity contribution in [3.8, 4) is 0 Å². The van der Waals surface area contributed by atoms with Gasteiger partial charge >= 0.3 is 0 Å². The molecule has 0 radical (unpaired) electrons. The van der Waals surface area contributed by atoms with Crippen LogP contribution in [-0.4, -0.2) is 68.7 Å². The molecule has 1 N–H and O–H groups in total. The van der Waals surface area contributed by atoms with E-state index in [0.717, 1.165) is 16.9 Å². The summed E-state index contributed by atoms with van der Waals surface area (Å²) in [4.78, 5) is 37.8. The molecule has 1 fully saturated rings. The van der Waals surface area contributed by atoms with E-state index in [1.807, 2.05) is 7.05 Å². The van der Waals surface area contributed by atoms with Crippen LogP contribution in [0.4, 0.5) is 5.82 Å². The van der Waals surface area contributed by atoms with Crippen LogP contribution in [0.3, 0.4) is 0 Å². The lowest BCUT2D eigenvalue weighted by Crippen LogP contribution is -2.54. The molecule has 156 valence electrons. The summed E-state index contributed by atoms with van der Waals surface area (Å²) in [5.41, 5.74) is 1.13. The molecule has 4 rings (SSSR count). The summed E-state index contributed by atoms with van der Waals surface area (Å²) in [7, 11) is 1.84. The van der Waals surface area contributed by atoms with Gasteiger partial charge < -0.3 is 15.1 Å². The van der Waals surface area contributed by atoms with Crippen molar-refractivity contribution in [3.63, 3.8) is 0 Å². The van der Waals surface area contributed by atoms with E-state index < -0.39 is 6.04 Å². The Kier molecular flexibility index (Phi) is 5.54. The number of benzene rings is 1. The van der Waals surface area contributed by atoms with Crippen molar-refractivity contribution in [2.24, 2.45) is 7.05 Å². The van der Waals surface area contributed by atoms with E-state index in [4.69, 9.17) is 11.6 Å². The molecule has 0 saturated carbocycles. The monoisotopic (exact) mass is 427 g/mol. The molecule has 1 saturated heterocycles. The zero-order valence-electron chi connectivity index (χ0n) is 16.7. The van der Waals surface area contributed by atoms with E-state index in [9.17, 15) is 9.59 Å². The molecule has 3 heterocycles. The van der Waals surface area contributed by atoms with Gasteiger partial charge in [-0.05, 0) is 19.1 Å². The number of aromatic nitrogens is 4. The van der Waals surface area contributed by atoms with Crippen LogP contribution in [0.5, 0.6) is 0 Å². The van der Waals surface area contributed by atoms with Crippen molar-refractivity contribution < 1.29 is 9.59 Å². The highest BCUT2D eigenvalue weighted by molar-refractivity contribution is 6.33. The highest BCUT2D eigenvalue weighted by Crippen LogP contribution is 2.23. The van der Waals surface area contributed by atoms with Crippen LogP contribution in [0.25, 0.3) is 11.0 Å². The maximum atomic E-state index is 12.8. The SMILES string of the molecule is CC(NC(=O)c1ccccc1Cl)C(=O)N1CCN(c2ncnc3c2cnn3C)CC1. The third-order valence-electron chi connectivity index (χ3n) is 5.24. The first-order chi connectivity index (χ1) is 14.5. The Balaban J connectivity index is 1.38. The number of hydrogen-bond acceptors (Lipinski definition) is 6. The number of aryl methyl sites for hydroxylation is 1. The average Bonchev–Trinajstić information content (AvgIpc) is 3.14. The number of amides is 2. The third-order valence-corrected chi connectivity index (χ3v) is 5.57. The van der Waals surface area contributed by atoms with Gasteiger partial charge in [0.1, 0.15) is 18.2 Å². The molecule has 1 atom stereocenters. The number of piperazine rings is 1. The molecular formula is C20H22ClN7O2. The molecule has 1 aromatic carbocycles. The second-order valence-electron chi connectivity index (χ2n) is 7.19. The Morgan fingerprint density at radius 3 is 2.60 bits per heavy atom. The van der Waals surface area contributed by atoms with E-state index in [1.54, 1.807) is 47.0 Å². The Morgan fingerprint density at radius 1 is 1.13 bits per heavy atom. The molecule has 2 amide bonds. The number of nitrogens with zero attached hydrogens (tertiary/aromatic N) is 6. The van der Waals surface area contributed by atoms with Crippen LogP contribution >= 0.6 is 11.6 Å². The first-order valence-corrected chi connectivity index (χ1v) is 10.1. The first kappa shape index (κ1) is 20.1. The van der Waals surface area contributed by atoms with Crippen molar-refractivity contribution in [1.29, 1.82) is 0 Å². The minimum atomic E-state index is -0.649. The summed E-state index contributed by atoms with van der Waals surface area (Å²) in [6.45, 7) is 4.04. The summed E-state index contributed by atoms with van der Waals surface area (Å²) < 4.78 is 1.71. The lowest BCUT2D eigenvalue weighted by molar-refractivity contribution is -0.133. The topological polar surface area (TPSA) is 96.2 Å². The number of rotatable bonds is 4. The minimum Gasteiger partial charge on any atom is -0.352 e. The fraction of sp³-hybridized carbons (Fsp3) is 0.350. The molecule has 1 aliphatic heterocycles. The molecule has 2 aromatic heterocycles. The summed E-state index contributed by atoms with van der Waals surface area (Å²) in [6.07, 6.45) is 3.29. The standard InChI is InChI=1S/C20H22ClN7O2/c1-13(25-19(29)14-5-3-4-6-16(14)21)20(30)28-9-7-27(8-10-28)18-15-11-24-26(2)17(15)22-12-23-18/h3-6,11-13H,7-10H2,1-2H3,(H,25,29). The smallest absolute Gasteiger partial charge is 0.253 e. The Bertz CT molecular complexity index is 1090.